The molecule has 2 nitrogen and oxygen atoms in total. The Hall–Kier alpha value is -2.98. The van der Waals surface area contributed by atoms with Gasteiger partial charge in [-0.1, -0.05) is 42.1 Å². The molecular formula is C28H27FNOSi+. The van der Waals surface area contributed by atoms with Crippen LogP contribution in [-0.2, 0) is 7.05 Å². The molecule has 0 unspecified atom stereocenters. The van der Waals surface area contributed by atoms with Crippen LogP contribution in [0.25, 0.3) is 38.4 Å². The van der Waals surface area contributed by atoms with Gasteiger partial charge in [0, 0.05) is 22.9 Å². The van der Waals surface area contributed by atoms with Gasteiger partial charge in [0.05, 0.1) is 11.1 Å². The Labute approximate surface area is 188 Å². The number of aromatic nitrogens is 1. The van der Waals surface area contributed by atoms with Gasteiger partial charge in [0.25, 0.3) is 0 Å². The number of hydrogen-bond donors (Lipinski definition) is 0. The number of rotatable bonds is 2. The van der Waals surface area contributed by atoms with E-state index in [4.69, 9.17) is 4.42 Å². The molecule has 1 aliphatic heterocycles. The monoisotopic (exact) mass is 440 g/mol. The number of pyridine rings is 1. The molecule has 0 saturated carbocycles. The highest BCUT2D eigenvalue weighted by molar-refractivity contribution is 7.01. The summed E-state index contributed by atoms with van der Waals surface area (Å²) in [6.07, 6.45) is 7.87. The minimum absolute atomic E-state index is 0.173. The Bertz CT molecular complexity index is 1510. The molecule has 0 amide bonds. The molecule has 0 bridgehead atoms. The van der Waals surface area contributed by atoms with Gasteiger partial charge in [-0.15, -0.1) is 0 Å². The highest BCUT2D eigenvalue weighted by Crippen LogP contribution is 2.49. The van der Waals surface area contributed by atoms with Crippen molar-refractivity contribution in [3.05, 3.63) is 82.5 Å². The summed E-state index contributed by atoms with van der Waals surface area (Å²) < 4.78 is 24.2. The standard InChI is InChI=1S/C28H27FNOSi/c1-17-11-12-19-20-13-14-21(29)26(24-16-18-8-7-10-23(18)32(24,3)4)28(20)31-27(19)25(17)22-9-5-6-15-30(22)2/h5-6,9,11-16H,7-8,10H2,1-4H3/q+1. The SMILES string of the molecule is Cc1ccc2c(oc3c(C4=CC5=C(CCC5)[Si]4(C)C)c(F)ccc32)c1-c1cccc[n+]1C. The number of benzene rings is 2. The van der Waals surface area contributed by atoms with Gasteiger partial charge in [-0.3, -0.25) is 0 Å². The molecule has 0 fully saturated rings. The highest BCUT2D eigenvalue weighted by atomic mass is 28.3. The lowest BCUT2D eigenvalue weighted by Crippen LogP contribution is -2.30. The summed E-state index contributed by atoms with van der Waals surface area (Å²) in [6.45, 7) is 6.85. The first-order valence-corrected chi connectivity index (χ1v) is 14.4. The molecule has 6 rings (SSSR count). The molecule has 0 saturated heterocycles. The second kappa shape index (κ2) is 6.76. The lowest BCUT2D eigenvalue weighted by atomic mass is 10.00. The Morgan fingerprint density at radius 1 is 0.938 bits per heavy atom. The molecule has 2 aromatic carbocycles. The number of furan rings is 1. The first-order chi connectivity index (χ1) is 15.4. The lowest BCUT2D eigenvalue weighted by molar-refractivity contribution is -0.660. The Balaban J connectivity index is 1.67. The molecule has 2 aliphatic rings. The van der Waals surface area contributed by atoms with Crippen molar-refractivity contribution in [2.45, 2.75) is 39.3 Å². The van der Waals surface area contributed by atoms with Crippen LogP contribution in [0, 0.1) is 12.7 Å². The van der Waals surface area contributed by atoms with Crippen LogP contribution < -0.4 is 4.57 Å². The second-order valence-electron chi connectivity index (χ2n) is 9.77. The van der Waals surface area contributed by atoms with Crippen LogP contribution >= 0.6 is 0 Å². The molecule has 4 aromatic rings. The maximum atomic E-state index is 15.5. The van der Waals surface area contributed by atoms with Crippen molar-refractivity contribution in [3.8, 4) is 11.3 Å². The van der Waals surface area contributed by atoms with Crippen molar-refractivity contribution in [2.24, 2.45) is 7.05 Å². The van der Waals surface area contributed by atoms with E-state index in [2.05, 4.69) is 48.9 Å². The fourth-order valence-corrected chi connectivity index (χ4v) is 9.39. The summed E-state index contributed by atoms with van der Waals surface area (Å²) in [5, 5.41) is 4.83. The van der Waals surface area contributed by atoms with Crippen molar-refractivity contribution in [1.82, 2.24) is 0 Å². The fourth-order valence-electron chi connectivity index (χ4n) is 5.87. The van der Waals surface area contributed by atoms with E-state index in [0.29, 0.717) is 11.1 Å². The third-order valence-electron chi connectivity index (χ3n) is 7.55. The van der Waals surface area contributed by atoms with E-state index < -0.39 is 8.07 Å². The van der Waals surface area contributed by atoms with E-state index in [-0.39, 0.29) is 5.82 Å². The van der Waals surface area contributed by atoms with Gasteiger partial charge in [0.2, 0.25) is 5.69 Å². The molecule has 0 spiro atoms. The third-order valence-corrected chi connectivity index (χ3v) is 11.4. The largest absolute Gasteiger partial charge is 0.454 e. The van der Waals surface area contributed by atoms with Crippen LogP contribution in [0.3, 0.4) is 0 Å². The van der Waals surface area contributed by atoms with Crippen LogP contribution in [0.15, 0.2) is 69.9 Å². The summed E-state index contributed by atoms with van der Waals surface area (Å²) in [6, 6.07) is 14.0. The first-order valence-electron chi connectivity index (χ1n) is 11.4. The Morgan fingerprint density at radius 3 is 2.44 bits per heavy atom. The Kier molecular flexibility index (Phi) is 4.16. The molecule has 0 N–H and O–H groups in total. The molecule has 0 radical (unpaired) electrons. The smallest absolute Gasteiger partial charge is 0.216 e. The number of hydrogen-bond acceptors (Lipinski definition) is 1. The predicted molar refractivity (Wildman–Crippen MR) is 131 cm³/mol. The molecular weight excluding hydrogens is 413 g/mol. The summed E-state index contributed by atoms with van der Waals surface area (Å²) in [5.41, 5.74) is 6.99. The van der Waals surface area contributed by atoms with E-state index in [1.807, 2.05) is 31.4 Å². The molecule has 32 heavy (non-hydrogen) atoms. The van der Waals surface area contributed by atoms with Crippen molar-refractivity contribution >= 4 is 35.2 Å². The van der Waals surface area contributed by atoms with E-state index in [1.54, 1.807) is 11.3 Å². The van der Waals surface area contributed by atoms with E-state index >= 15 is 4.39 Å². The summed E-state index contributed by atoms with van der Waals surface area (Å²) in [4.78, 5) is 0. The molecule has 4 heteroatoms. The van der Waals surface area contributed by atoms with Crippen LogP contribution in [0.4, 0.5) is 4.39 Å². The molecule has 3 heterocycles. The lowest BCUT2D eigenvalue weighted by Gasteiger charge is -2.25. The van der Waals surface area contributed by atoms with Crippen molar-refractivity contribution in [1.29, 1.82) is 0 Å². The maximum Gasteiger partial charge on any atom is 0.216 e. The van der Waals surface area contributed by atoms with E-state index in [9.17, 15) is 0 Å². The topological polar surface area (TPSA) is 17.0 Å². The van der Waals surface area contributed by atoms with Crippen molar-refractivity contribution in [2.75, 3.05) is 0 Å². The van der Waals surface area contributed by atoms with Crippen LogP contribution in [0.1, 0.15) is 30.4 Å². The Morgan fingerprint density at radius 2 is 1.69 bits per heavy atom. The third kappa shape index (κ3) is 2.59. The minimum atomic E-state index is -1.90. The molecule has 2 aromatic heterocycles. The van der Waals surface area contributed by atoms with Crippen LogP contribution in [-0.4, -0.2) is 8.07 Å². The average molecular weight is 441 g/mol. The highest BCUT2D eigenvalue weighted by Gasteiger charge is 2.41. The number of allylic oxidation sites excluding steroid dienone is 3. The zero-order valence-electron chi connectivity index (χ0n) is 19.1. The van der Waals surface area contributed by atoms with Crippen molar-refractivity contribution in [3.63, 3.8) is 0 Å². The van der Waals surface area contributed by atoms with Gasteiger partial charge in [0.1, 0.15) is 32.1 Å². The average Bonchev–Trinajstić information content (AvgIpc) is 3.43. The molecule has 1 aliphatic carbocycles. The zero-order valence-corrected chi connectivity index (χ0v) is 20.1. The quantitative estimate of drug-likeness (QED) is 0.238. The fraction of sp³-hybridized carbons (Fsp3) is 0.250. The number of halogens is 1. The van der Waals surface area contributed by atoms with E-state index in [1.165, 1.54) is 23.6 Å². The minimum Gasteiger partial charge on any atom is -0.454 e. The number of nitrogens with zero attached hydrogens (tertiary/aromatic N) is 1. The van der Waals surface area contributed by atoms with Crippen LogP contribution in [0.2, 0.25) is 13.1 Å². The van der Waals surface area contributed by atoms with Gasteiger partial charge in [-0.25, -0.2) is 8.96 Å². The molecule has 0 atom stereocenters. The van der Waals surface area contributed by atoms with Gasteiger partial charge < -0.3 is 4.42 Å². The summed E-state index contributed by atoms with van der Waals surface area (Å²) >= 11 is 0. The van der Waals surface area contributed by atoms with Gasteiger partial charge in [0.15, 0.2) is 6.20 Å². The normalized spacial score (nSPS) is 17.5. The predicted octanol–water partition coefficient (Wildman–Crippen LogP) is 7.19. The zero-order chi connectivity index (χ0) is 22.2. The maximum absolute atomic E-state index is 15.5. The van der Waals surface area contributed by atoms with Crippen molar-refractivity contribution < 1.29 is 13.4 Å². The van der Waals surface area contributed by atoms with Gasteiger partial charge in [-0.05, 0) is 55.1 Å². The van der Waals surface area contributed by atoms with E-state index in [0.717, 1.165) is 39.6 Å². The second-order valence-corrected chi connectivity index (χ2v) is 14.2. The number of fused-ring (bicyclic) bond motifs is 3. The van der Waals surface area contributed by atoms with Crippen LogP contribution in [0.5, 0.6) is 0 Å². The molecule has 160 valence electrons. The first kappa shape index (κ1) is 19.7. The summed E-state index contributed by atoms with van der Waals surface area (Å²) in [5.74, 6) is -0.173. The van der Waals surface area contributed by atoms with Gasteiger partial charge in [-0.2, -0.15) is 0 Å². The van der Waals surface area contributed by atoms with Gasteiger partial charge >= 0.3 is 0 Å². The number of aryl methyl sites for hydroxylation is 2. The summed E-state index contributed by atoms with van der Waals surface area (Å²) in [7, 11) is 0.149.